The molecule has 150 valence electrons. The van der Waals surface area contributed by atoms with E-state index in [1.165, 1.54) is 17.0 Å². The average molecular weight is 414 g/mol. The fraction of sp³-hybridized carbons (Fsp3) is 0.273. The third kappa shape index (κ3) is 3.73. The first kappa shape index (κ1) is 19.5. The van der Waals surface area contributed by atoms with E-state index in [9.17, 15) is 19.8 Å². The molecule has 2 heterocycles. The number of aromatic hydroxyl groups is 1. The summed E-state index contributed by atoms with van der Waals surface area (Å²) >= 11 is 5.92. The number of ether oxygens (including phenoxy) is 1. The molecule has 7 heteroatoms. The van der Waals surface area contributed by atoms with Crippen molar-refractivity contribution in [2.75, 3.05) is 13.2 Å². The van der Waals surface area contributed by atoms with E-state index in [-0.39, 0.29) is 29.7 Å². The molecule has 2 fully saturated rings. The quantitative estimate of drug-likeness (QED) is 0.454. The number of hydrogen-bond donors (Lipinski definition) is 2. The normalized spacial score (nSPS) is 23.7. The van der Waals surface area contributed by atoms with Crippen molar-refractivity contribution in [3.8, 4) is 5.75 Å². The van der Waals surface area contributed by atoms with Crippen molar-refractivity contribution in [2.24, 2.45) is 0 Å². The van der Waals surface area contributed by atoms with Gasteiger partial charge in [0.2, 0.25) is 0 Å². The SMILES string of the molecule is O=C1C(=O)N(C[C@H]2CCCO2)[C@H](c2ccc(O)cc2)C1=C(O)c1ccc(Cl)cc1. The summed E-state index contributed by atoms with van der Waals surface area (Å²) in [6.07, 6.45) is 1.56. The molecule has 0 radical (unpaired) electrons. The van der Waals surface area contributed by atoms with Gasteiger partial charge in [0.05, 0.1) is 17.7 Å². The van der Waals surface area contributed by atoms with Gasteiger partial charge in [0.15, 0.2) is 0 Å². The van der Waals surface area contributed by atoms with Crippen LogP contribution in [0.1, 0.15) is 30.0 Å². The van der Waals surface area contributed by atoms with Gasteiger partial charge in [-0.05, 0) is 54.8 Å². The van der Waals surface area contributed by atoms with Crippen molar-refractivity contribution in [3.05, 3.63) is 70.3 Å². The minimum atomic E-state index is -0.768. The number of Topliss-reactive ketones (excluding diaryl/α,β-unsaturated/α-hetero) is 1. The summed E-state index contributed by atoms with van der Waals surface area (Å²) in [5.41, 5.74) is 1.03. The number of halogens is 1. The molecule has 2 aromatic rings. The zero-order valence-corrected chi connectivity index (χ0v) is 16.3. The molecule has 0 unspecified atom stereocenters. The van der Waals surface area contributed by atoms with Gasteiger partial charge in [-0.2, -0.15) is 0 Å². The molecule has 0 aromatic heterocycles. The van der Waals surface area contributed by atoms with Crippen molar-refractivity contribution in [3.63, 3.8) is 0 Å². The zero-order chi connectivity index (χ0) is 20.5. The lowest BCUT2D eigenvalue weighted by atomic mass is 9.95. The molecule has 29 heavy (non-hydrogen) atoms. The first-order chi connectivity index (χ1) is 14.0. The van der Waals surface area contributed by atoms with Crippen molar-refractivity contribution in [1.82, 2.24) is 4.90 Å². The minimum Gasteiger partial charge on any atom is -0.508 e. The number of aliphatic hydroxyl groups excluding tert-OH is 1. The van der Waals surface area contributed by atoms with Crippen LogP contribution in [0.5, 0.6) is 5.75 Å². The van der Waals surface area contributed by atoms with Gasteiger partial charge in [0.25, 0.3) is 11.7 Å². The predicted octanol–water partition coefficient (Wildman–Crippen LogP) is 3.65. The number of carbonyl (C=O) groups is 2. The standard InChI is InChI=1S/C22H20ClNO5/c23-15-7-3-14(4-8-15)20(26)18-19(13-5-9-16(25)10-6-13)24(22(28)21(18)27)12-17-2-1-11-29-17/h3-10,17,19,25-26H,1-2,11-12H2/t17-,19-/m1/s1. The van der Waals surface area contributed by atoms with Gasteiger partial charge in [-0.1, -0.05) is 23.7 Å². The number of ketones is 1. The Morgan fingerprint density at radius 2 is 1.79 bits per heavy atom. The lowest BCUT2D eigenvalue weighted by Crippen LogP contribution is -2.36. The molecule has 0 bridgehead atoms. The highest BCUT2D eigenvalue weighted by Gasteiger charge is 2.47. The van der Waals surface area contributed by atoms with Crippen LogP contribution in [0.15, 0.2) is 54.1 Å². The van der Waals surface area contributed by atoms with Crippen LogP contribution < -0.4 is 0 Å². The Morgan fingerprint density at radius 3 is 2.41 bits per heavy atom. The largest absolute Gasteiger partial charge is 0.508 e. The Bertz CT molecular complexity index is 962. The number of nitrogens with zero attached hydrogens (tertiary/aromatic N) is 1. The van der Waals surface area contributed by atoms with Gasteiger partial charge in [-0.3, -0.25) is 9.59 Å². The monoisotopic (exact) mass is 413 g/mol. The molecule has 1 amide bonds. The van der Waals surface area contributed by atoms with Gasteiger partial charge >= 0.3 is 0 Å². The van der Waals surface area contributed by atoms with Crippen LogP contribution in [-0.2, 0) is 14.3 Å². The fourth-order valence-electron chi connectivity index (χ4n) is 3.84. The van der Waals surface area contributed by atoms with Crippen LogP contribution >= 0.6 is 11.6 Å². The summed E-state index contributed by atoms with van der Waals surface area (Å²) in [6.45, 7) is 0.886. The Morgan fingerprint density at radius 1 is 1.10 bits per heavy atom. The van der Waals surface area contributed by atoms with Crippen molar-refractivity contribution in [2.45, 2.75) is 25.0 Å². The van der Waals surface area contributed by atoms with Gasteiger partial charge in [0.1, 0.15) is 11.5 Å². The molecule has 2 aromatic carbocycles. The molecular weight excluding hydrogens is 394 g/mol. The first-order valence-corrected chi connectivity index (χ1v) is 9.78. The smallest absolute Gasteiger partial charge is 0.295 e. The Hall–Kier alpha value is -2.83. The third-order valence-electron chi connectivity index (χ3n) is 5.29. The molecule has 4 rings (SSSR count). The van der Waals surface area contributed by atoms with E-state index < -0.39 is 17.7 Å². The van der Waals surface area contributed by atoms with Crippen LogP contribution in [0.2, 0.25) is 5.02 Å². The molecule has 2 aliphatic rings. The van der Waals surface area contributed by atoms with Crippen LogP contribution in [0.4, 0.5) is 0 Å². The van der Waals surface area contributed by atoms with Crippen LogP contribution in [0, 0.1) is 0 Å². The zero-order valence-electron chi connectivity index (χ0n) is 15.5. The number of likely N-dealkylation sites (tertiary alicyclic amines) is 1. The van der Waals surface area contributed by atoms with E-state index in [2.05, 4.69) is 0 Å². The van der Waals surface area contributed by atoms with Crippen molar-refractivity contribution in [1.29, 1.82) is 0 Å². The Kier molecular flexibility index (Phi) is 5.30. The number of phenols is 1. The van der Waals surface area contributed by atoms with E-state index in [0.717, 1.165) is 12.8 Å². The van der Waals surface area contributed by atoms with Crippen molar-refractivity contribution >= 4 is 29.1 Å². The van der Waals surface area contributed by atoms with Crippen LogP contribution in [-0.4, -0.2) is 46.1 Å². The number of hydrogen-bond acceptors (Lipinski definition) is 5. The number of benzene rings is 2. The fourth-order valence-corrected chi connectivity index (χ4v) is 3.97. The molecule has 0 spiro atoms. The van der Waals surface area contributed by atoms with E-state index in [1.807, 2.05) is 0 Å². The topological polar surface area (TPSA) is 87.1 Å². The molecule has 6 nitrogen and oxygen atoms in total. The highest BCUT2D eigenvalue weighted by molar-refractivity contribution is 6.46. The number of phenolic OH excluding ortho intramolecular Hbond substituents is 1. The van der Waals surface area contributed by atoms with Crippen LogP contribution in [0.25, 0.3) is 5.76 Å². The summed E-state index contributed by atoms with van der Waals surface area (Å²) < 4.78 is 5.66. The summed E-state index contributed by atoms with van der Waals surface area (Å²) in [5.74, 6) is -1.60. The van der Waals surface area contributed by atoms with Gasteiger partial charge in [0, 0.05) is 23.7 Å². The second kappa shape index (κ2) is 7.89. The highest BCUT2D eigenvalue weighted by atomic mass is 35.5. The molecule has 0 saturated carbocycles. The lowest BCUT2D eigenvalue weighted by Gasteiger charge is -2.27. The number of carbonyl (C=O) groups excluding carboxylic acids is 2. The molecule has 2 aliphatic heterocycles. The summed E-state index contributed by atoms with van der Waals surface area (Å²) in [5, 5.41) is 21.1. The molecule has 0 aliphatic carbocycles. The number of rotatable bonds is 4. The summed E-state index contributed by atoms with van der Waals surface area (Å²) in [4.78, 5) is 27.2. The molecule has 2 saturated heterocycles. The third-order valence-corrected chi connectivity index (χ3v) is 5.54. The number of aliphatic hydroxyl groups is 1. The average Bonchev–Trinajstić information content (AvgIpc) is 3.31. The predicted molar refractivity (Wildman–Crippen MR) is 108 cm³/mol. The van der Waals surface area contributed by atoms with Crippen molar-refractivity contribution < 1.29 is 24.5 Å². The molecule has 2 atom stereocenters. The Balaban J connectivity index is 1.81. The second-order valence-electron chi connectivity index (χ2n) is 7.18. The molecule has 2 N–H and O–H groups in total. The summed E-state index contributed by atoms with van der Waals surface area (Å²) in [6, 6.07) is 11.9. The van der Waals surface area contributed by atoms with Gasteiger partial charge in [-0.25, -0.2) is 0 Å². The lowest BCUT2D eigenvalue weighted by molar-refractivity contribution is -0.140. The molecular formula is C22H20ClNO5. The van der Waals surface area contributed by atoms with E-state index >= 15 is 0 Å². The van der Waals surface area contributed by atoms with E-state index in [1.54, 1.807) is 36.4 Å². The number of amides is 1. The first-order valence-electron chi connectivity index (χ1n) is 9.40. The maximum atomic E-state index is 12.9. The maximum absolute atomic E-state index is 12.9. The summed E-state index contributed by atoms with van der Waals surface area (Å²) in [7, 11) is 0. The van der Waals surface area contributed by atoms with Gasteiger partial charge < -0.3 is 19.8 Å². The van der Waals surface area contributed by atoms with E-state index in [0.29, 0.717) is 22.8 Å². The highest BCUT2D eigenvalue weighted by Crippen LogP contribution is 2.40. The Labute approximate surface area is 173 Å². The maximum Gasteiger partial charge on any atom is 0.295 e. The van der Waals surface area contributed by atoms with Crippen LogP contribution in [0.3, 0.4) is 0 Å². The van der Waals surface area contributed by atoms with Gasteiger partial charge in [-0.15, -0.1) is 0 Å². The van der Waals surface area contributed by atoms with E-state index in [4.69, 9.17) is 16.3 Å². The minimum absolute atomic E-state index is 0.0148. The second-order valence-corrected chi connectivity index (χ2v) is 7.62.